The molecule has 0 bridgehead atoms. The van der Waals surface area contributed by atoms with Crippen molar-refractivity contribution in [2.45, 2.75) is 45.7 Å². The van der Waals surface area contributed by atoms with Gasteiger partial charge in [0.2, 0.25) is 0 Å². The van der Waals surface area contributed by atoms with Crippen LogP contribution >= 0.6 is 11.3 Å². The molecule has 3 aromatic rings. The first-order chi connectivity index (χ1) is 13.9. The Bertz CT molecular complexity index is 1140. The van der Waals surface area contributed by atoms with E-state index in [1.165, 1.54) is 22.3 Å². The summed E-state index contributed by atoms with van der Waals surface area (Å²) in [6.07, 6.45) is 3.39. The number of nitrogens with zero attached hydrogens (tertiary/aromatic N) is 1. The number of carbonyl (C=O) groups excluding carboxylic acids is 1. The largest absolute Gasteiger partial charge is 0.349 e. The van der Waals surface area contributed by atoms with Gasteiger partial charge in [-0.2, -0.15) is 0 Å². The van der Waals surface area contributed by atoms with Gasteiger partial charge in [-0.25, -0.2) is 4.79 Å². The lowest BCUT2D eigenvalue weighted by Gasteiger charge is -2.34. The molecule has 3 atom stereocenters. The van der Waals surface area contributed by atoms with Gasteiger partial charge in [-0.05, 0) is 47.4 Å². The Labute approximate surface area is 172 Å². The van der Waals surface area contributed by atoms with Crippen molar-refractivity contribution < 1.29 is 4.79 Å². The van der Waals surface area contributed by atoms with Gasteiger partial charge >= 0.3 is 5.69 Å². The first kappa shape index (κ1) is 19.6. The minimum absolute atomic E-state index is 0.0717. The average molecular weight is 412 g/mol. The molecule has 1 aliphatic carbocycles. The number of aromatic amines is 1. The van der Waals surface area contributed by atoms with Gasteiger partial charge in [-0.3, -0.25) is 14.2 Å². The summed E-state index contributed by atoms with van der Waals surface area (Å²) >= 11 is 1.31. The summed E-state index contributed by atoms with van der Waals surface area (Å²) in [5.41, 5.74) is 1.24. The Morgan fingerprint density at radius 2 is 1.93 bits per heavy atom. The molecule has 2 N–H and O–H groups in total. The molecule has 0 radical (unpaired) electrons. The van der Waals surface area contributed by atoms with Gasteiger partial charge in [-0.1, -0.05) is 38.8 Å². The summed E-state index contributed by atoms with van der Waals surface area (Å²) in [5, 5.41) is 4.96. The van der Waals surface area contributed by atoms with Crippen molar-refractivity contribution in [2.75, 3.05) is 0 Å². The van der Waals surface area contributed by atoms with Crippen LogP contribution in [0, 0.1) is 11.8 Å². The van der Waals surface area contributed by atoms with E-state index < -0.39 is 5.69 Å². The van der Waals surface area contributed by atoms with Crippen molar-refractivity contribution in [3.05, 3.63) is 67.7 Å². The molecule has 7 heteroatoms. The molecule has 1 saturated carbocycles. The molecule has 152 valence electrons. The van der Waals surface area contributed by atoms with Crippen LogP contribution in [0.3, 0.4) is 0 Å². The van der Waals surface area contributed by atoms with Gasteiger partial charge in [0.05, 0.1) is 12.1 Å². The third-order valence-electron chi connectivity index (χ3n) is 6.17. The number of H-pyrrole nitrogens is 1. The van der Waals surface area contributed by atoms with E-state index in [-0.39, 0.29) is 24.1 Å². The summed E-state index contributed by atoms with van der Waals surface area (Å²) in [6, 6.07) is 9.04. The number of aromatic nitrogens is 2. The maximum absolute atomic E-state index is 12.6. The number of hydrogen-bond donors (Lipinski definition) is 2. The van der Waals surface area contributed by atoms with Gasteiger partial charge < -0.3 is 10.3 Å². The van der Waals surface area contributed by atoms with Crippen LogP contribution in [0.2, 0.25) is 0 Å². The molecule has 1 amide bonds. The van der Waals surface area contributed by atoms with Crippen LogP contribution in [-0.4, -0.2) is 21.5 Å². The number of rotatable bonds is 4. The normalized spacial score (nSPS) is 21.9. The van der Waals surface area contributed by atoms with Crippen LogP contribution in [0.4, 0.5) is 0 Å². The highest BCUT2D eigenvalue weighted by atomic mass is 32.1. The van der Waals surface area contributed by atoms with E-state index in [2.05, 4.69) is 24.1 Å². The maximum atomic E-state index is 12.6. The number of fused-ring (bicyclic) bond motifs is 1. The van der Waals surface area contributed by atoms with Crippen molar-refractivity contribution in [1.82, 2.24) is 14.9 Å². The molecule has 2 heterocycles. The Morgan fingerprint density at radius 1 is 1.17 bits per heavy atom. The molecule has 4 rings (SSSR count). The van der Waals surface area contributed by atoms with Gasteiger partial charge in [0, 0.05) is 11.6 Å². The van der Waals surface area contributed by atoms with Crippen molar-refractivity contribution in [3.8, 4) is 0 Å². The zero-order chi connectivity index (χ0) is 20.5. The van der Waals surface area contributed by atoms with Crippen LogP contribution in [0.15, 0.2) is 45.3 Å². The van der Waals surface area contributed by atoms with E-state index >= 15 is 0 Å². The quantitative estimate of drug-likeness (QED) is 0.690. The van der Waals surface area contributed by atoms with E-state index in [1.54, 1.807) is 35.7 Å². The van der Waals surface area contributed by atoms with Gasteiger partial charge in [0.25, 0.3) is 11.5 Å². The Morgan fingerprint density at radius 3 is 2.69 bits per heavy atom. The fourth-order valence-corrected chi connectivity index (χ4v) is 4.89. The molecule has 2 aromatic heterocycles. The zero-order valence-electron chi connectivity index (χ0n) is 16.6. The summed E-state index contributed by atoms with van der Waals surface area (Å²) in [6.45, 7) is 4.62. The SMILES string of the molecule is CC1CCCC(NC(=O)c2ccc(Cn3c(=O)[nH]c4ccsc4c3=O)cc2)C1C. The van der Waals surface area contributed by atoms with E-state index in [1.807, 2.05) is 0 Å². The average Bonchev–Trinajstić information content (AvgIpc) is 3.17. The van der Waals surface area contributed by atoms with Gasteiger partial charge in [0.1, 0.15) is 4.70 Å². The highest BCUT2D eigenvalue weighted by molar-refractivity contribution is 7.17. The monoisotopic (exact) mass is 411 g/mol. The van der Waals surface area contributed by atoms with Crippen LogP contribution in [-0.2, 0) is 6.54 Å². The van der Waals surface area contributed by atoms with Crippen molar-refractivity contribution in [1.29, 1.82) is 0 Å². The predicted molar refractivity (Wildman–Crippen MR) is 116 cm³/mol. The van der Waals surface area contributed by atoms with Gasteiger partial charge in [0.15, 0.2) is 0 Å². The summed E-state index contributed by atoms with van der Waals surface area (Å²) < 4.78 is 1.73. The summed E-state index contributed by atoms with van der Waals surface area (Å²) in [5.74, 6) is 1.02. The summed E-state index contributed by atoms with van der Waals surface area (Å²) in [7, 11) is 0. The highest BCUT2D eigenvalue weighted by Crippen LogP contribution is 2.29. The molecule has 0 saturated heterocycles. The van der Waals surface area contributed by atoms with Crippen molar-refractivity contribution in [3.63, 3.8) is 0 Å². The van der Waals surface area contributed by atoms with E-state index in [9.17, 15) is 14.4 Å². The Balaban J connectivity index is 1.49. The van der Waals surface area contributed by atoms with Gasteiger partial charge in [-0.15, -0.1) is 11.3 Å². The molecular weight excluding hydrogens is 386 g/mol. The van der Waals surface area contributed by atoms with E-state index in [0.717, 1.165) is 18.4 Å². The lowest BCUT2D eigenvalue weighted by atomic mass is 9.78. The first-order valence-electron chi connectivity index (χ1n) is 10.0. The van der Waals surface area contributed by atoms with Crippen LogP contribution in [0.5, 0.6) is 0 Å². The number of benzene rings is 1. The minimum atomic E-state index is -0.428. The molecule has 1 aliphatic rings. The first-order valence-corrected chi connectivity index (χ1v) is 10.9. The number of thiophene rings is 1. The standard InChI is InChI=1S/C22H25N3O3S/c1-13-4-3-5-17(14(13)2)23-20(26)16-8-6-15(7-9-16)12-25-21(27)19-18(10-11-29-19)24-22(25)28/h6-11,13-14,17H,3-5,12H2,1-2H3,(H,23,26)(H,24,28). The molecule has 3 unspecified atom stereocenters. The Kier molecular flexibility index (Phi) is 5.41. The lowest BCUT2D eigenvalue weighted by molar-refractivity contribution is 0.0891. The molecule has 1 aromatic carbocycles. The van der Waals surface area contributed by atoms with E-state index in [4.69, 9.17) is 0 Å². The maximum Gasteiger partial charge on any atom is 0.329 e. The molecule has 1 fully saturated rings. The topological polar surface area (TPSA) is 84.0 Å². The second-order valence-corrected chi connectivity index (χ2v) is 8.95. The van der Waals surface area contributed by atoms with E-state index in [0.29, 0.717) is 27.6 Å². The summed E-state index contributed by atoms with van der Waals surface area (Å²) in [4.78, 5) is 40.2. The fraction of sp³-hybridized carbons (Fsp3) is 0.409. The second-order valence-electron chi connectivity index (χ2n) is 8.03. The number of hydrogen-bond acceptors (Lipinski definition) is 4. The molecule has 29 heavy (non-hydrogen) atoms. The molecule has 0 spiro atoms. The van der Waals surface area contributed by atoms with Crippen LogP contribution in [0.25, 0.3) is 10.2 Å². The Hall–Kier alpha value is -2.67. The van der Waals surface area contributed by atoms with Crippen molar-refractivity contribution >= 4 is 27.5 Å². The highest BCUT2D eigenvalue weighted by Gasteiger charge is 2.28. The van der Waals surface area contributed by atoms with Crippen molar-refractivity contribution in [2.24, 2.45) is 11.8 Å². The minimum Gasteiger partial charge on any atom is -0.349 e. The smallest absolute Gasteiger partial charge is 0.329 e. The molecule has 6 nitrogen and oxygen atoms in total. The van der Waals surface area contributed by atoms with Crippen LogP contribution < -0.4 is 16.6 Å². The number of carbonyl (C=O) groups is 1. The predicted octanol–water partition coefficient (Wildman–Crippen LogP) is 3.35. The third kappa shape index (κ3) is 3.92. The number of amides is 1. The third-order valence-corrected chi connectivity index (χ3v) is 7.07. The lowest BCUT2D eigenvalue weighted by Crippen LogP contribution is -2.43. The molecular formula is C22H25N3O3S. The zero-order valence-corrected chi connectivity index (χ0v) is 17.4. The van der Waals surface area contributed by atoms with Crippen LogP contribution in [0.1, 0.15) is 49.0 Å². The number of nitrogens with one attached hydrogen (secondary N) is 2. The fourth-order valence-electron chi connectivity index (χ4n) is 4.10. The molecule has 0 aliphatic heterocycles. The second kappa shape index (κ2) is 7.99.